The molecular formula is C18H25N5O2. The van der Waals surface area contributed by atoms with E-state index in [-0.39, 0.29) is 12.0 Å². The summed E-state index contributed by atoms with van der Waals surface area (Å²) < 4.78 is 6.11. The zero-order valence-electron chi connectivity index (χ0n) is 15.0. The molecule has 1 atom stereocenters. The molecule has 7 heteroatoms. The molecule has 134 valence electrons. The molecule has 1 aliphatic heterocycles. The monoisotopic (exact) mass is 343 g/mol. The molecule has 2 aromatic heterocycles. The first-order valence-electron chi connectivity index (χ1n) is 8.60. The van der Waals surface area contributed by atoms with E-state index >= 15 is 0 Å². The predicted molar refractivity (Wildman–Crippen MR) is 94.1 cm³/mol. The third kappa shape index (κ3) is 4.57. The number of hydrogen-bond donors (Lipinski definition) is 2. The average molecular weight is 343 g/mol. The van der Waals surface area contributed by atoms with Crippen LogP contribution in [0.2, 0.25) is 0 Å². The highest BCUT2D eigenvalue weighted by Gasteiger charge is 2.25. The zero-order valence-corrected chi connectivity index (χ0v) is 15.0. The lowest BCUT2D eigenvalue weighted by atomic mass is 10.2. The average Bonchev–Trinajstić information content (AvgIpc) is 3.15. The topological polar surface area (TPSA) is 83.1 Å². The molecule has 1 fully saturated rings. The number of nitrogens with one attached hydrogen (secondary N) is 2. The van der Waals surface area contributed by atoms with Gasteiger partial charge in [-0.05, 0) is 26.3 Å². The van der Waals surface area contributed by atoms with Crippen molar-refractivity contribution in [2.24, 2.45) is 0 Å². The highest BCUT2D eigenvalue weighted by Crippen LogP contribution is 2.21. The van der Waals surface area contributed by atoms with Gasteiger partial charge in [0.1, 0.15) is 11.9 Å². The van der Waals surface area contributed by atoms with Gasteiger partial charge in [0.05, 0.1) is 17.9 Å². The summed E-state index contributed by atoms with van der Waals surface area (Å²) >= 11 is 0. The predicted octanol–water partition coefficient (Wildman–Crippen LogP) is 1.71. The molecule has 1 saturated heterocycles. The minimum Gasteiger partial charge on any atom is -0.489 e. The van der Waals surface area contributed by atoms with Crippen molar-refractivity contribution in [2.45, 2.75) is 46.4 Å². The van der Waals surface area contributed by atoms with Crippen LogP contribution in [-0.2, 0) is 17.9 Å². The van der Waals surface area contributed by atoms with E-state index in [0.717, 1.165) is 48.9 Å². The van der Waals surface area contributed by atoms with Gasteiger partial charge < -0.3 is 10.1 Å². The molecule has 1 aliphatic rings. The summed E-state index contributed by atoms with van der Waals surface area (Å²) in [6, 6.07) is 3.76. The van der Waals surface area contributed by atoms with Crippen molar-refractivity contribution in [3.63, 3.8) is 0 Å². The fourth-order valence-electron chi connectivity index (χ4n) is 3.10. The van der Waals surface area contributed by atoms with E-state index in [4.69, 9.17) is 4.74 Å². The summed E-state index contributed by atoms with van der Waals surface area (Å²) in [5, 5.41) is 10.1. The number of hydrogen-bond acceptors (Lipinski definition) is 5. The van der Waals surface area contributed by atoms with Crippen LogP contribution >= 0.6 is 0 Å². The van der Waals surface area contributed by atoms with Gasteiger partial charge in [-0.2, -0.15) is 5.10 Å². The second kappa shape index (κ2) is 7.65. The number of carbonyl (C=O) groups excluding carboxylic acids is 1. The maximum Gasteiger partial charge on any atom is 0.217 e. The van der Waals surface area contributed by atoms with E-state index in [2.05, 4.69) is 32.3 Å². The van der Waals surface area contributed by atoms with Crippen molar-refractivity contribution >= 4 is 5.91 Å². The van der Waals surface area contributed by atoms with Crippen LogP contribution in [0.25, 0.3) is 0 Å². The molecule has 0 radical (unpaired) electrons. The molecule has 0 spiro atoms. The molecule has 0 aromatic carbocycles. The molecular weight excluding hydrogens is 318 g/mol. The Bertz CT molecular complexity index is 723. The zero-order chi connectivity index (χ0) is 17.8. The number of aromatic amines is 1. The van der Waals surface area contributed by atoms with Gasteiger partial charge in [-0.1, -0.05) is 0 Å². The molecule has 3 rings (SSSR count). The number of H-pyrrole nitrogens is 1. The Kier molecular flexibility index (Phi) is 5.33. The van der Waals surface area contributed by atoms with Gasteiger partial charge in [-0.3, -0.25) is 19.8 Å². The Hall–Kier alpha value is -2.41. The number of rotatable bonds is 6. The Morgan fingerprint density at radius 3 is 3.04 bits per heavy atom. The van der Waals surface area contributed by atoms with Crippen LogP contribution in [0.15, 0.2) is 18.3 Å². The molecule has 2 N–H and O–H groups in total. The summed E-state index contributed by atoms with van der Waals surface area (Å²) in [5.41, 5.74) is 4.28. The summed E-state index contributed by atoms with van der Waals surface area (Å²) in [4.78, 5) is 17.7. The Labute approximate surface area is 147 Å². The van der Waals surface area contributed by atoms with Gasteiger partial charge in [-0.25, -0.2) is 0 Å². The highest BCUT2D eigenvalue weighted by molar-refractivity contribution is 5.72. The Morgan fingerprint density at radius 1 is 1.48 bits per heavy atom. The van der Waals surface area contributed by atoms with Crippen molar-refractivity contribution in [3.8, 4) is 5.75 Å². The standard InChI is InChI=1S/C18H25N5O2/c1-12-18(13(2)22-21-12)11-23-7-5-17(10-23)25-16-4-6-19-15(8-16)9-20-14(3)24/h4,6,8,17H,5,7,9-11H2,1-3H3,(H,20,24)(H,21,22). The lowest BCUT2D eigenvalue weighted by molar-refractivity contribution is -0.119. The Balaban J connectivity index is 1.54. The second-order valence-corrected chi connectivity index (χ2v) is 6.57. The molecule has 0 saturated carbocycles. The molecule has 1 unspecified atom stereocenters. The van der Waals surface area contributed by atoms with Crippen LogP contribution in [-0.4, -0.2) is 45.2 Å². The van der Waals surface area contributed by atoms with Crippen LogP contribution in [0.4, 0.5) is 0 Å². The number of ether oxygens (including phenoxy) is 1. The van der Waals surface area contributed by atoms with E-state index in [1.807, 2.05) is 19.1 Å². The van der Waals surface area contributed by atoms with Gasteiger partial charge >= 0.3 is 0 Å². The lowest BCUT2D eigenvalue weighted by Crippen LogP contribution is -2.25. The molecule has 0 aliphatic carbocycles. The minimum atomic E-state index is -0.0654. The van der Waals surface area contributed by atoms with E-state index in [1.165, 1.54) is 12.5 Å². The molecule has 7 nitrogen and oxygen atoms in total. The van der Waals surface area contributed by atoms with Gasteiger partial charge in [-0.15, -0.1) is 0 Å². The number of carbonyl (C=O) groups is 1. The number of amides is 1. The SMILES string of the molecule is CC(=O)NCc1cc(OC2CCN(Cc3c(C)n[nH]c3C)C2)ccn1. The number of likely N-dealkylation sites (tertiary alicyclic amines) is 1. The van der Waals surface area contributed by atoms with E-state index in [9.17, 15) is 4.79 Å². The second-order valence-electron chi connectivity index (χ2n) is 6.57. The maximum absolute atomic E-state index is 11.0. The van der Waals surface area contributed by atoms with Crippen molar-refractivity contribution in [1.82, 2.24) is 25.4 Å². The first-order chi connectivity index (χ1) is 12.0. The lowest BCUT2D eigenvalue weighted by Gasteiger charge is -2.17. The quantitative estimate of drug-likeness (QED) is 0.834. The third-order valence-corrected chi connectivity index (χ3v) is 4.50. The van der Waals surface area contributed by atoms with Gasteiger partial charge in [0.25, 0.3) is 0 Å². The van der Waals surface area contributed by atoms with E-state index in [0.29, 0.717) is 6.54 Å². The minimum absolute atomic E-state index is 0.0654. The Morgan fingerprint density at radius 2 is 2.32 bits per heavy atom. The van der Waals surface area contributed by atoms with Gasteiger partial charge in [0.2, 0.25) is 5.91 Å². The molecule has 1 amide bonds. The van der Waals surface area contributed by atoms with E-state index < -0.39 is 0 Å². The summed E-state index contributed by atoms with van der Waals surface area (Å²) in [7, 11) is 0. The van der Waals surface area contributed by atoms with Crippen molar-refractivity contribution in [1.29, 1.82) is 0 Å². The maximum atomic E-state index is 11.0. The summed E-state index contributed by atoms with van der Waals surface area (Å²) in [5.74, 6) is 0.738. The number of aryl methyl sites for hydroxylation is 2. The van der Waals surface area contributed by atoms with Crippen molar-refractivity contribution in [2.75, 3.05) is 13.1 Å². The normalized spacial score (nSPS) is 17.6. The van der Waals surface area contributed by atoms with Gasteiger partial charge in [0.15, 0.2) is 0 Å². The molecule has 3 heterocycles. The molecule has 0 bridgehead atoms. The summed E-state index contributed by atoms with van der Waals surface area (Å²) in [6.45, 7) is 8.83. The highest BCUT2D eigenvalue weighted by atomic mass is 16.5. The first kappa shape index (κ1) is 17.4. The first-order valence-corrected chi connectivity index (χ1v) is 8.60. The molecule has 2 aromatic rings. The van der Waals surface area contributed by atoms with E-state index in [1.54, 1.807) is 6.20 Å². The molecule has 25 heavy (non-hydrogen) atoms. The largest absolute Gasteiger partial charge is 0.489 e. The number of pyridine rings is 1. The summed E-state index contributed by atoms with van der Waals surface area (Å²) in [6.07, 6.45) is 2.89. The third-order valence-electron chi connectivity index (χ3n) is 4.50. The van der Waals surface area contributed by atoms with Crippen LogP contribution in [0.5, 0.6) is 5.75 Å². The smallest absolute Gasteiger partial charge is 0.217 e. The number of aromatic nitrogens is 3. The fourth-order valence-corrected chi connectivity index (χ4v) is 3.10. The van der Waals surface area contributed by atoms with Crippen LogP contribution < -0.4 is 10.1 Å². The van der Waals surface area contributed by atoms with Crippen molar-refractivity contribution < 1.29 is 9.53 Å². The van der Waals surface area contributed by atoms with Gasteiger partial charge in [0, 0.05) is 50.1 Å². The van der Waals surface area contributed by atoms with Crippen LogP contribution in [0.3, 0.4) is 0 Å². The number of nitrogens with zero attached hydrogens (tertiary/aromatic N) is 3. The fraction of sp³-hybridized carbons (Fsp3) is 0.500. The van der Waals surface area contributed by atoms with Crippen molar-refractivity contribution in [3.05, 3.63) is 41.0 Å². The van der Waals surface area contributed by atoms with Crippen LogP contribution in [0, 0.1) is 13.8 Å². The van der Waals surface area contributed by atoms with Crippen LogP contribution in [0.1, 0.15) is 36.0 Å².